The van der Waals surface area contributed by atoms with Crippen LogP contribution in [-0.2, 0) is 0 Å². The molecule has 0 unspecified atom stereocenters. The predicted octanol–water partition coefficient (Wildman–Crippen LogP) is 1.68. The predicted molar refractivity (Wildman–Crippen MR) is 69.3 cm³/mol. The van der Waals surface area contributed by atoms with Gasteiger partial charge in [0.15, 0.2) is 5.16 Å². The summed E-state index contributed by atoms with van der Waals surface area (Å²) in [7, 11) is 0. The molecular weight excluding hydrogens is 248 g/mol. The van der Waals surface area contributed by atoms with E-state index in [9.17, 15) is 4.79 Å². The Balaban J connectivity index is 2.40. The SMILES string of the molecule is Cc1cc(=O)[nH]c(Sc2ccc(N)cc2C#N)n1. The zero-order chi connectivity index (χ0) is 13.1. The third-order valence-electron chi connectivity index (χ3n) is 2.18. The number of hydrogen-bond donors (Lipinski definition) is 2. The van der Waals surface area contributed by atoms with Crippen molar-refractivity contribution in [2.24, 2.45) is 0 Å². The molecule has 1 heterocycles. The maximum atomic E-state index is 11.3. The molecule has 3 N–H and O–H groups in total. The van der Waals surface area contributed by atoms with Crippen molar-refractivity contribution in [3.63, 3.8) is 0 Å². The molecule has 2 rings (SSSR count). The number of hydrogen-bond acceptors (Lipinski definition) is 5. The van der Waals surface area contributed by atoms with E-state index in [0.29, 0.717) is 27.0 Å². The standard InChI is InChI=1S/C12H10N4OS/c1-7-4-11(17)16-12(15-7)18-10-3-2-9(14)5-8(10)6-13/h2-5H,14H2,1H3,(H,15,16,17). The second-order valence-corrected chi connectivity index (χ2v) is 4.69. The highest BCUT2D eigenvalue weighted by atomic mass is 32.2. The fourth-order valence-electron chi connectivity index (χ4n) is 1.43. The number of aromatic nitrogens is 2. The lowest BCUT2D eigenvalue weighted by atomic mass is 10.2. The van der Waals surface area contributed by atoms with Gasteiger partial charge in [-0.3, -0.25) is 4.79 Å². The van der Waals surface area contributed by atoms with Gasteiger partial charge in [0, 0.05) is 22.3 Å². The van der Waals surface area contributed by atoms with Crippen molar-refractivity contribution in [1.82, 2.24) is 9.97 Å². The number of aromatic amines is 1. The Labute approximate surface area is 108 Å². The van der Waals surface area contributed by atoms with Crippen molar-refractivity contribution in [2.45, 2.75) is 17.0 Å². The third-order valence-corrected chi connectivity index (χ3v) is 3.14. The number of nitrogen functional groups attached to an aromatic ring is 1. The molecule has 6 heteroatoms. The van der Waals surface area contributed by atoms with Crippen LogP contribution in [0, 0.1) is 18.3 Å². The first-order valence-corrected chi connectivity index (χ1v) is 5.95. The minimum Gasteiger partial charge on any atom is -0.399 e. The Morgan fingerprint density at radius 3 is 2.89 bits per heavy atom. The van der Waals surface area contributed by atoms with Crippen LogP contribution in [-0.4, -0.2) is 9.97 Å². The first-order valence-electron chi connectivity index (χ1n) is 5.14. The minimum atomic E-state index is -0.209. The normalized spacial score (nSPS) is 10.0. The maximum Gasteiger partial charge on any atom is 0.251 e. The topological polar surface area (TPSA) is 95.6 Å². The molecule has 1 aromatic heterocycles. The van der Waals surface area contributed by atoms with Crippen molar-refractivity contribution in [3.8, 4) is 6.07 Å². The van der Waals surface area contributed by atoms with Gasteiger partial charge in [-0.2, -0.15) is 5.26 Å². The molecule has 1 aromatic carbocycles. The Morgan fingerprint density at radius 1 is 1.44 bits per heavy atom. The number of nitrogens with one attached hydrogen (secondary N) is 1. The molecule has 0 spiro atoms. The number of H-pyrrole nitrogens is 1. The van der Waals surface area contributed by atoms with Gasteiger partial charge in [0.1, 0.15) is 6.07 Å². The van der Waals surface area contributed by atoms with Crippen molar-refractivity contribution in [3.05, 3.63) is 45.9 Å². The zero-order valence-corrected chi connectivity index (χ0v) is 10.4. The monoisotopic (exact) mass is 258 g/mol. The van der Waals surface area contributed by atoms with Crippen molar-refractivity contribution in [1.29, 1.82) is 5.26 Å². The number of aryl methyl sites for hydroxylation is 1. The number of benzene rings is 1. The van der Waals surface area contributed by atoms with E-state index in [1.54, 1.807) is 25.1 Å². The molecule has 0 amide bonds. The summed E-state index contributed by atoms with van der Waals surface area (Å²) in [5.41, 5.74) is 7.03. The Morgan fingerprint density at radius 2 is 2.22 bits per heavy atom. The molecule has 0 aliphatic carbocycles. The van der Waals surface area contributed by atoms with Crippen LogP contribution in [0.4, 0.5) is 5.69 Å². The number of nitrogens with two attached hydrogens (primary N) is 1. The molecule has 0 aliphatic heterocycles. The van der Waals surface area contributed by atoms with Crippen LogP contribution in [0.5, 0.6) is 0 Å². The van der Waals surface area contributed by atoms with Gasteiger partial charge in [-0.05, 0) is 25.1 Å². The molecule has 0 saturated heterocycles. The Hall–Kier alpha value is -2.26. The second-order valence-electron chi connectivity index (χ2n) is 3.66. The van der Waals surface area contributed by atoms with Gasteiger partial charge in [-0.25, -0.2) is 4.98 Å². The summed E-state index contributed by atoms with van der Waals surface area (Å²) in [5, 5.41) is 9.48. The highest BCUT2D eigenvalue weighted by molar-refractivity contribution is 7.99. The van der Waals surface area contributed by atoms with Crippen LogP contribution in [0.3, 0.4) is 0 Å². The smallest absolute Gasteiger partial charge is 0.251 e. The summed E-state index contributed by atoms with van der Waals surface area (Å²) in [5.74, 6) is 0. The summed E-state index contributed by atoms with van der Waals surface area (Å²) in [6, 6.07) is 8.52. The molecule has 2 aromatic rings. The Bertz CT molecular complexity index is 687. The van der Waals surface area contributed by atoms with E-state index in [2.05, 4.69) is 16.0 Å². The molecule has 18 heavy (non-hydrogen) atoms. The fourth-order valence-corrected chi connectivity index (χ4v) is 2.33. The van der Waals surface area contributed by atoms with Gasteiger partial charge < -0.3 is 10.7 Å². The van der Waals surface area contributed by atoms with Gasteiger partial charge in [-0.15, -0.1) is 0 Å². The lowest BCUT2D eigenvalue weighted by Crippen LogP contribution is -2.08. The Kier molecular flexibility index (Phi) is 3.35. The number of anilines is 1. The van der Waals surface area contributed by atoms with E-state index in [0.717, 1.165) is 0 Å². The maximum absolute atomic E-state index is 11.3. The summed E-state index contributed by atoms with van der Waals surface area (Å²) in [6.07, 6.45) is 0. The molecule has 0 bridgehead atoms. The summed E-state index contributed by atoms with van der Waals surface area (Å²) in [6.45, 7) is 1.74. The van der Waals surface area contributed by atoms with Crippen LogP contribution in [0.2, 0.25) is 0 Å². The van der Waals surface area contributed by atoms with E-state index in [-0.39, 0.29) is 5.56 Å². The van der Waals surface area contributed by atoms with Crippen molar-refractivity contribution >= 4 is 17.4 Å². The molecular formula is C12H10N4OS. The fraction of sp³-hybridized carbons (Fsp3) is 0.0833. The van der Waals surface area contributed by atoms with E-state index in [1.165, 1.54) is 17.8 Å². The number of rotatable bonds is 2. The lowest BCUT2D eigenvalue weighted by molar-refractivity contribution is 0.905. The van der Waals surface area contributed by atoms with Crippen LogP contribution in [0.15, 0.2) is 39.1 Å². The lowest BCUT2D eigenvalue weighted by Gasteiger charge is -2.04. The average molecular weight is 258 g/mol. The molecule has 5 nitrogen and oxygen atoms in total. The van der Waals surface area contributed by atoms with E-state index in [4.69, 9.17) is 11.0 Å². The molecule has 90 valence electrons. The van der Waals surface area contributed by atoms with Gasteiger partial charge in [0.05, 0.1) is 5.56 Å². The molecule has 0 fully saturated rings. The second kappa shape index (κ2) is 4.94. The van der Waals surface area contributed by atoms with E-state index >= 15 is 0 Å². The van der Waals surface area contributed by atoms with E-state index < -0.39 is 0 Å². The van der Waals surface area contributed by atoms with Crippen LogP contribution >= 0.6 is 11.8 Å². The number of nitriles is 1. The largest absolute Gasteiger partial charge is 0.399 e. The first-order chi connectivity index (χ1) is 8.58. The first kappa shape index (κ1) is 12.2. The highest BCUT2D eigenvalue weighted by Crippen LogP contribution is 2.28. The van der Waals surface area contributed by atoms with Gasteiger partial charge in [-0.1, -0.05) is 11.8 Å². The molecule has 0 radical (unpaired) electrons. The number of nitrogens with zero attached hydrogens (tertiary/aromatic N) is 2. The van der Waals surface area contributed by atoms with Crippen molar-refractivity contribution in [2.75, 3.05) is 5.73 Å². The minimum absolute atomic E-state index is 0.209. The van der Waals surface area contributed by atoms with Gasteiger partial charge >= 0.3 is 0 Å². The zero-order valence-electron chi connectivity index (χ0n) is 9.60. The van der Waals surface area contributed by atoms with Crippen LogP contribution in [0.25, 0.3) is 0 Å². The van der Waals surface area contributed by atoms with Gasteiger partial charge in [0.25, 0.3) is 5.56 Å². The molecule has 0 atom stereocenters. The summed E-state index contributed by atoms with van der Waals surface area (Å²) in [4.78, 5) is 18.8. The summed E-state index contributed by atoms with van der Waals surface area (Å²) < 4.78 is 0. The van der Waals surface area contributed by atoms with Gasteiger partial charge in [0.2, 0.25) is 0 Å². The molecule has 0 aliphatic rings. The van der Waals surface area contributed by atoms with Crippen LogP contribution < -0.4 is 11.3 Å². The van der Waals surface area contributed by atoms with Crippen LogP contribution in [0.1, 0.15) is 11.3 Å². The molecule has 0 saturated carbocycles. The highest BCUT2D eigenvalue weighted by Gasteiger charge is 2.07. The van der Waals surface area contributed by atoms with Crippen molar-refractivity contribution < 1.29 is 0 Å². The summed E-state index contributed by atoms with van der Waals surface area (Å²) >= 11 is 1.23. The average Bonchev–Trinajstić information content (AvgIpc) is 2.30. The quantitative estimate of drug-likeness (QED) is 0.631. The third kappa shape index (κ3) is 2.70. The van der Waals surface area contributed by atoms with E-state index in [1.807, 2.05) is 0 Å².